The summed E-state index contributed by atoms with van der Waals surface area (Å²) in [4.78, 5) is 78.0. The number of carbonyl (C=O) groups excluding carboxylic acids is 5. The Morgan fingerprint density at radius 1 is 0.815 bits per heavy atom. The van der Waals surface area contributed by atoms with Crippen molar-refractivity contribution < 1.29 is 47.8 Å². The average molecular weight is 1130 g/mol. The Morgan fingerprint density at radius 2 is 1.53 bits per heavy atom. The number of aryl methyl sites for hydroxylation is 5. The van der Waals surface area contributed by atoms with Crippen LogP contribution in [0.1, 0.15) is 125 Å². The number of fused-ring (bicyclic) bond motifs is 1. The zero-order valence-electron chi connectivity index (χ0n) is 47.9. The second-order valence-electron chi connectivity index (χ2n) is 22.6. The Balaban J connectivity index is 0.667. The molecule has 0 spiro atoms. The van der Waals surface area contributed by atoms with Crippen LogP contribution in [-0.4, -0.2) is 123 Å². The number of β-amino-alcohol motifs (C(OH)–C–C–N with tert-alkyl or cyclic N) is 1. The molecule has 18 nitrogen and oxygen atoms in total. The number of rotatable bonds is 29. The predicted molar refractivity (Wildman–Crippen MR) is 312 cm³/mol. The first-order valence-electron chi connectivity index (χ1n) is 28.6. The van der Waals surface area contributed by atoms with Gasteiger partial charge < -0.3 is 44.7 Å². The van der Waals surface area contributed by atoms with Crippen LogP contribution in [0.2, 0.25) is 0 Å². The van der Waals surface area contributed by atoms with Crippen molar-refractivity contribution in [3.05, 3.63) is 106 Å². The van der Waals surface area contributed by atoms with E-state index in [4.69, 9.17) is 23.7 Å². The molecule has 2 aromatic carbocycles. The van der Waals surface area contributed by atoms with Gasteiger partial charge in [-0.2, -0.15) is 0 Å². The monoisotopic (exact) mass is 1130 g/mol. The van der Waals surface area contributed by atoms with E-state index < -0.39 is 23.5 Å². The highest BCUT2D eigenvalue weighted by Gasteiger charge is 2.44. The smallest absolute Gasteiger partial charge is 0.243 e. The van der Waals surface area contributed by atoms with Crippen LogP contribution in [-0.2, 0) is 57.6 Å². The molecule has 6 aromatic rings. The van der Waals surface area contributed by atoms with Gasteiger partial charge in [-0.1, -0.05) is 81.6 Å². The molecule has 4 N–H and O–H groups in total. The Morgan fingerprint density at radius 3 is 2.22 bits per heavy atom. The molecule has 8 rings (SSSR count). The maximum Gasteiger partial charge on any atom is 0.243 e. The highest BCUT2D eigenvalue weighted by Crippen LogP contribution is 2.35. The number of hydrogen-bond acceptors (Lipinski definition) is 15. The summed E-state index contributed by atoms with van der Waals surface area (Å²) in [5.74, 6) is -0.0766. The maximum absolute atomic E-state index is 14.0. The molecule has 1 saturated heterocycles. The molecule has 2 aliphatic rings. The molecule has 1 aliphatic carbocycles. The molecule has 4 aromatic heterocycles. The molecule has 3 atom stereocenters. The van der Waals surface area contributed by atoms with Gasteiger partial charge >= 0.3 is 0 Å². The first-order valence-corrected chi connectivity index (χ1v) is 29.5. The maximum atomic E-state index is 14.0. The summed E-state index contributed by atoms with van der Waals surface area (Å²) >= 11 is 1.57. The third-order valence-electron chi connectivity index (χ3n) is 15.3. The lowest BCUT2D eigenvalue weighted by atomic mass is 9.77. The number of ketones is 2. The lowest BCUT2D eigenvalue weighted by Crippen LogP contribution is -2.50. The van der Waals surface area contributed by atoms with Crippen LogP contribution in [0.5, 0.6) is 0 Å². The van der Waals surface area contributed by atoms with Crippen molar-refractivity contribution in [2.45, 2.75) is 150 Å². The minimum absolute atomic E-state index is 0.00648. The summed E-state index contributed by atoms with van der Waals surface area (Å²) in [7, 11) is 0. The molecule has 5 heterocycles. The molecular weight excluding hydrogens is 1050 g/mol. The van der Waals surface area contributed by atoms with Gasteiger partial charge in [-0.15, -0.1) is 11.3 Å². The summed E-state index contributed by atoms with van der Waals surface area (Å²) in [5.41, 5.74) is 10.7. The van der Waals surface area contributed by atoms with E-state index in [2.05, 4.69) is 48.8 Å². The second-order valence-corrected chi connectivity index (χ2v) is 23.5. The highest BCUT2D eigenvalue weighted by molar-refractivity contribution is 7.13. The van der Waals surface area contributed by atoms with Crippen molar-refractivity contribution in [2.75, 3.05) is 56.8 Å². The Bertz CT molecular complexity index is 3050. The summed E-state index contributed by atoms with van der Waals surface area (Å²) < 4.78 is 24.4. The molecule has 0 bridgehead atoms. The molecule has 1 saturated carbocycles. The van der Waals surface area contributed by atoms with Crippen molar-refractivity contribution in [1.82, 2.24) is 29.7 Å². The number of benzene rings is 2. The van der Waals surface area contributed by atoms with Crippen LogP contribution < -0.4 is 16.0 Å². The average Bonchev–Trinajstić information content (AvgIpc) is 4.35. The predicted octanol–water partition coefficient (Wildman–Crippen LogP) is 9.59. The van der Waals surface area contributed by atoms with Gasteiger partial charge in [0.15, 0.2) is 5.78 Å². The van der Waals surface area contributed by atoms with Crippen LogP contribution in [0, 0.1) is 32.1 Å². The van der Waals surface area contributed by atoms with Crippen molar-refractivity contribution in [3.8, 4) is 21.6 Å². The van der Waals surface area contributed by atoms with E-state index in [1.807, 2.05) is 95.6 Å². The number of amides is 3. The van der Waals surface area contributed by atoms with E-state index >= 15 is 0 Å². The van der Waals surface area contributed by atoms with E-state index in [1.165, 1.54) is 24.2 Å². The summed E-state index contributed by atoms with van der Waals surface area (Å²) in [6.45, 7) is 13.0. The van der Waals surface area contributed by atoms with Gasteiger partial charge in [0.05, 0.1) is 60.0 Å². The molecule has 434 valence electrons. The summed E-state index contributed by atoms with van der Waals surface area (Å²) in [6, 6.07) is 19.5. The lowest BCUT2D eigenvalue weighted by Gasteiger charge is -2.34. The molecule has 0 unspecified atom stereocenters. The lowest BCUT2D eigenvalue weighted by molar-refractivity contribution is -0.146. The number of pyridine rings is 1. The number of ether oxygens (including phenoxy) is 3. The molecule has 2 fully saturated rings. The normalized spacial score (nSPS) is 16.2. The summed E-state index contributed by atoms with van der Waals surface area (Å²) in [5, 5.41) is 24.5. The third kappa shape index (κ3) is 17.0. The fraction of sp³-hybridized carbons (Fsp3) is 0.516. The van der Waals surface area contributed by atoms with Gasteiger partial charge in [0.2, 0.25) is 17.7 Å². The molecule has 81 heavy (non-hydrogen) atoms. The number of aliphatic hydroxyl groups excluding tert-OH is 1. The number of Topliss-reactive ketones (excluding diaryl/α,β-unsaturated/α-hetero) is 2. The molecule has 0 radical (unpaired) electrons. The van der Waals surface area contributed by atoms with Gasteiger partial charge in [0.1, 0.15) is 35.7 Å². The van der Waals surface area contributed by atoms with E-state index in [1.54, 1.807) is 11.3 Å². The Hall–Kier alpha value is -6.64. The SMILES string of the molecule is Cc1ncsc1-c1ccc(CNC(=O)[C@H]2C[C@H](O)CN2C(=O)[C@H](CC(=O)COCCOCCOCCCC(=O)CCC(=O)Nc2ccc(CCc3nc4cc(-c5c(C)noc5C)ccn4c3NC3CCCCC3)cc2)C(C)(C)C)cc1. The van der Waals surface area contributed by atoms with E-state index in [0.29, 0.717) is 44.4 Å². The van der Waals surface area contributed by atoms with Crippen molar-refractivity contribution in [1.29, 1.82) is 0 Å². The number of thiazole rings is 1. The minimum atomic E-state index is -0.858. The van der Waals surface area contributed by atoms with Crippen LogP contribution in [0.15, 0.2) is 76.9 Å². The quantitative estimate of drug-likeness (QED) is 0.0321. The number of aliphatic hydroxyl groups is 1. The Kier molecular flexibility index (Phi) is 21.5. The van der Waals surface area contributed by atoms with Gasteiger partial charge in [0.25, 0.3) is 0 Å². The van der Waals surface area contributed by atoms with Crippen LogP contribution in [0.25, 0.3) is 27.2 Å². The zero-order chi connectivity index (χ0) is 57.5. The molecule has 1 aliphatic heterocycles. The second kappa shape index (κ2) is 28.9. The van der Waals surface area contributed by atoms with Crippen LogP contribution >= 0.6 is 11.3 Å². The van der Waals surface area contributed by atoms with Crippen molar-refractivity contribution >= 4 is 57.8 Å². The first-order chi connectivity index (χ1) is 39.0. The number of nitrogens with one attached hydrogen (secondary N) is 3. The highest BCUT2D eigenvalue weighted by atomic mass is 32.1. The van der Waals surface area contributed by atoms with Crippen molar-refractivity contribution in [3.63, 3.8) is 0 Å². The van der Waals surface area contributed by atoms with Gasteiger partial charge in [-0.05, 0) is 105 Å². The molecular formula is C62H80N8O10S. The van der Waals surface area contributed by atoms with Crippen LogP contribution in [0.4, 0.5) is 11.5 Å². The minimum Gasteiger partial charge on any atom is -0.391 e. The number of carbonyl (C=O) groups is 5. The zero-order valence-corrected chi connectivity index (χ0v) is 48.7. The van der Waals surface area contributed by atoms with Gasteiger partial charge in [-0.25, -0.2) is 9.97 Å². The van der Waals surface area contributed by atoms with Gasteiger partial charge in [0, 0.05) is 81.2 Å². The third-order valence-corrected chi connectivity index (χ3v) is 16.3. The standard InChI is InChI=1S/C62H80N8O10S/c1-40-57(42(3)80-68-40)46-26-27-69-55(33-46)67-53(59(69)66-47-11-8-7-9-12-47)24-18-43-16-21-48(22-17-43)65-56(74)25-23-49(71)13-10-28-77-29-30-78-31-32-79-38-51(73)34-52(62(4,5)6)61(76)70-37-50(72)35-54(70)60(75)63-36-44-14-19-45(20-15-44)58-41(2)64-39-81-58/h14-17,19-22,26-27,33,39,47,50,52,54,66,72H,7-13,18,23-25,28-32,34-38H2,1-6H3,(H,63,75)(H,65,74)/t50-,52-,54+/m0/s1. The van der Waals surface area contributed by atoms with E-state index in [-0.39, 0.29) is 87.9 Å². The first kappa shape index (κ1) is 60.5. The topological polar surface area (TPSA) is 229 Å². The fourth-order valence-electron chi connectivity index (χ4n) is 10.7. The van der Waals surface area contributed by atoms with Crippen molar-refractivity contribution in [2.24, 2.45) is 11.3 Å². The molecule has 19 heteroatoms. The van der Waals surface area contributed by atoms with E-state index in [9.17, 15) is 29.1 Å². The van der Waals surface area contributed by atoms with Crippen LogP contribution in [0.3, 0.4) is 0 Å². The molecule has 3 amide bonds. The number of anilines is 2. The fourth-order valence-corrected chi connectivity index (χ4v) is 11.6. The van der Waals surface area contributed by atoms with E-state index in [0.717, 1.165) is 92.7 Å². The Labute approximate surface area is 479 Å². The number of imidazole rings is 1. The summed E-state index contributed by atoms with van der Waals surface area (Å²) in [6.07, 6.45) is 9.89. The number of likely N-dealkylation sites (tertiary alicyclic amines) is 1. The number of nitrogens with zero attached hydrogens (tertiary/aromatic N) is 5. The van der Waals surface area contributed by atoms with Gasteiger partial charge in [-0.3, -0.25) is 28.4 Å². The number of hydrogen-bond donors (Lipinski definition) is 4. The largest absolute Gasteiger partial charge is 0.391 e. The number of aromatic nitrogens is 4.